The van der Waals surface area contributed by atoms with Crippen LogP contribution in [0.1, 0.15) is 67.4 Å². The van der Waals surface area contributed by atoms with E-state index in [1.165, 1.54) is 0 Å². The fourth-order valence-corrected chi connectivity index (χ4v) is 4.72. The first kappa shape index (κ1) is 29.5. The molecule has 8 nitrogen and oxygen atoms in total. The van der Waals surface area contributed by atoms with E-state index in [9.17, 15) is 9.59 Å². The van der Waals surface area contributed by atoms with Gasteiger partial charge in [0.05, 0.1) is 13.2 Å². The normalized spacial score (nSPS) is 13.6. The minimum atomic E-state index is -0.537. The minimum absolute atomic E-state index is 0.232. The van der Waals surface area contributed by atoms with Crippen molar-refractivity contribution in [2.45, 2.75) is 66.5 Å². The van der Waals surface area contributed by atoms with Crippen LogP contribution in [0, 0.1) is 12.8 Å². The number of aryl methyl sites for hydroxylation is 1. The van der Waals surface area contributed by atoms with Gasteiger partial charge in [-0.2, -0.15) is 5.10 Å². The monoisotopic (exact) mass is 566 g/mol. The van der Waals surface area contributed by atoms with Crippen LogP contribution < -0.4 is 10.1 Å². The van der Waals surface area contributed by atoms with Crippen LogP contribution in [0.3, 0.4) is 0 Å². The number of nitrogens with one attached hydrogen (secondary N) is 1. The number of carbonyl (C=O) groups excluding carboxylic acids is 2. The van der Waals surface area contributed by atoms with Crippen molar-refractivity contribution in [1.82, 2.24) is 14.7 Å². The Morgan fingerprint density at radius 3 is 2.48 bits per heavy atom. The molecule has 2 heterocycles. The molecule has 1 aliphatic rings. The SMILES string of the molecule is Cc1cc(NC(=O)c2ccc3c(c2)CCN(C(=O)OC(C)(C)C)CC3)nn1Cc1cc(Cl)ccc1OCC(C)C. The fourth-order valence-electron chi connectivity index (χ4n) is 4.53. The highest BCUT2D eigenvalue weighted by atomic mass is 35.5. The van der Waals surface area contributed by atoms with E-state index in [1.54, 1.807) is 4.90 Å². The second kappa shape index (κ2) is 12.3. The third-order valence-electron chi connectivity index (χ3n) is 6.56. The largest absolute Gasteiger partial charge is 0.493 e. The number of rotatable bonds is 7. The molecule has 1 N–H and O–H groups in total. The summed E-state index contributed by atoms with van der Waals surface area (Å²) in [6.07, 6.45) is 1.07. The Morgan fingerprint density at radius 1 is 1.05 bits per heavy atom. The number of ether oxygens (including phenoxy) is 2. The van der Waals surface area contributed by atoms with Crippen LogP contribution in [-0.4, -0.2) is 52.0 Å². The maximum absolute atomic E-state index is 13.2. The van der Waals surface area contributed by atoms with E-state index in [0.29, 0.717) is 61.4 Å². The predicted octanol–water partition coefficient (Wildman–Crippen LogP) is 6.52. The van der Waals surface area contributed by atoms with Crippen molar-refractivity contribution < 1.29 is 19.1 Å². The van der Waals surface area contributed by atoms with Gasteiger partial charge in [-0.1, -0.05) is 31.5 Å². The van der Waals surface area contributed by atoms with E-state index >= 15 is 0 Å². The van der Waals surface area contributed by atoms with Crippen molar-refractivity contribution in [3.8, 4) is 5.75 Å². The molecule has 0 spiro atoms. The predicted molar refractivity (Wildman–Crippen MR) is 157 cm³/mol. The number of halogens is 1. The number of amides is 2. The Balaban J connectivity index is 1.43. The number of anilines is 1. The Morgan fingerprint density at radius 2 is 1.77 bits per heavy atom. The lowest BCUT2D eigenvalue weighted by atomic mass is 10.00. The van der Waals surface area contributed by atoms with Crippen molar-refractivity contribution in [2.75, 3.05) is 25.0 Å². The average molecular weight is 567 g/mol. The Bertz CT molecular complexity index is 1380. The molecule has 9 heteroatoms. The fraction of sp³-hybridized carbons (Fsp3) is 0.452. The molecule has 0 atom stereocenters. The summed E-state index contributed by atoms with van der Waals surface area (Å²) in [7, 11) is 0. The van der Waals surface area contributed by atoms with Crippen LogP contribution in [0.25, 0.3) is 0 Å². The van der Waals surface area contributed by atoms with E-state index < -0.39 is 5.60 Å². The summed E-state index contributed by atoms with van der Waals surface area (Å²) >= 11 is 6.27. The summed E-state index contributed by atoms with van der Waals surface area (Å²) < 4.78 is 13.4. The summed E-state index contributed by atoms with van der Waals surface area (Å²) in [6.45, 7) is 13.9. The number of fused-ring (bicyclic) bond motifs is 1. The van der Waals surface area contributed by atoms with Crippen molar-refractivity contribution >= 4 is 29.4 Å². The first-order valence-corrected chi connectivity index (χ1v) is 14.1. The molecule has 0 aliphatic carbocycles. The molecule has 0 fully saturated rings. The summed E-state index contributed by atoms with van der Waals surface area (Å²) in [5.41, 5.74) is 4.04. The van der Waals surface area contributed by atoms with Gasteiger partial charge in [0.2, 0.25) is 0 Å². The highest BCUT2D eigenvalue weighted by molar-refractivity contribution is 6.30. The highest BCUT2D eigenvalue weighted by Gasteiger charge is 2.24. The highest BCUT2D eigenvalue weighted by Crippen LogP contribution is 2.26. The molecule has 40 heavy (non-hydrogen) atoms. The summed E-state index contributed by atoms with van der Waals surface area (Å²) in [5, 5.41) is 8.19. The van der Waals surface area contributed by atoms with Crippen LogP contribution in [0.2, 0.25) is 5.02 Å². The molecular formula is C31H39ClN4O4. The zero-order valence-electron chi connectivity index (χ0n) is 24.2. The number of benzene rings is 2. The van der Waals surface area contributed by atoms with Crippen molar-refractivity contribution in [2.24, 2.45) is 5.92 Å². The number of aromatic nitrogens is 2. The van der Waals surface area contributed by atoms with Gasteiger partial charge in [0, 0.05) is 41.0 Å². The zero-order chi connectivity index (χ0) is 29.0. The van der Waals surface area contributed by atoms with Gasteiger partial charge in [0.15, 0.2) is 5.82 Å². The maximum Gasteiger partial charge on any atom is 0.410 e. The molecule has 214 valence electrons. The van der Waals surface area contributed by atoms with Gasteiger partial charge in [-0.25, -0.2) is 4.79 Å². The van der Waals surface area contributed by atoms with Crippen LogP contribution in [0.5, 0.6) is 5.75 Å². The van der Waals surface area contributed by atoms with E-state index in [2.05, 4.69) is 24.3 Å². The Labute approximate surface area is 241 Å². The van der Waals surface area contributed by atoms with Gasteiger partial charge in [-0.3, -0.25) is 9.48 Å². The second-order valence-corrected chi connectivity index (χ2v) is 12.1. The van der Waals surface area contributed by atoms with Crippen molar-refractivity contribution in [3.63, 3.8) is 0 Å². The molecule has 2 amide bonds. The summed E-state index contributed by atoms with van der Waals surface area (Å²) in [5.74, 6) is 1.41. The standard InChI is InChI=1S/C31H39ClN4O4/c1-20(2)19-39-27-10-9-26(32)17-25(27)18-36-21(3)15-28(34-36)33-29(37)24-8-7-22-11-13-35(14-12-23(22)16-24)30(38)40-31(4,5)6/h7-10,15-17,20H,11-14,18-19H2,1-6H3,(H,33,34,37). The van der Waals surface area contributed by atoms with Gasteiger partial charge in [-0.15, -0.1) is 0 Å². The van der Waals surface area contributed by atoms with E-state index in [-0.39, 0.29) is 12.0 Å². The molecular weight excluding hydrogens is 528 g/mol. The molecule has 1 aliphatic heterocycles. The van der Waals surface area contributed by atoms with E-state index in [1.807, 2.05) is 74.8 Å². The molecule has 2 aromatic carbocycles. The topological polar surface area (TPSA) is 85.7 Å². The molecule has 0 saturated carbocycles. The minimum Gasteiger partial charge on any atom is -0.493 e. The number of nitrogens with zero attached hydrogens (tertiary/aromatic N) is 3. The molecule has 0 radical (unpaired) electrons. The molecule has 0 saturated heterocycles. The lowest BCUT2D eigenvalue weighted by Gasteiger charge is -2.26. The number of hydrogen-bond donors (Lipinski definition) is 1. The van der Waals surface area contributed by atoms with Gasteiger partial charge < -0.3 is 19.7 Å². The lowest BCUT2D eigenvalue weighted by Crippen LogP contribution is -2.38. The number of hydrogen-bond acceptors (Lipinski definition) is 5. The third-order valence-corrected chi connectivity index (χ3v) is 6.79. The molecule has 0 bridgehead atoms. The van der Waals surface area contributed by atoms with Crippen LogP contribution in [0.4, 0.5) is 10.6 Å². The van der Waals surface area contributed by atoms with Gasteiger partial charge in [0.1, 0.15) is 11.4 Å². The Hall–Kier alpha value is -3.52. The zero-order valence-corrected chi connectivity index (χ0v) is 25.0. The lowest BCUT2D eigenvalue weighted by molar-refractivity contribution is 0.0258. The number of carbonyl (C=O) groups is 2. The first-order chi connectivity index (χ1) is 18.9. The van der Waals surface area contributed by atoms with Crippen LogP contribution >= 0.6 is 11.6 Å². The average Bonchev–Trinajstić information content (AvgIpc) is 3.07. The van der Waals surface area contributed by atoms with Gasteiger partial charge in [-0.05, 0) is 87.9 Å². The summed E-state index contributed by atoms with van der Waals surface area (Å²) in [4.78, 5) is 27.4. The Kier molecular flexibility index (Phi) is 9.08. The molecule has 1 aromatic heterocycles. The first-order valence-electron chi connectivity index (χ1n) is 13.7. The van der Waals surface area contributed by atoms with E-state index in [0.717, 1.165) is 28.1 Å². The smallest absolute Gasteiger partial charge is 0.410 e. The quantitative estimate of drug-likeness (QED) is 0.352. The summed E-state index contributed by atoms with van der Waals surface area (Å²) in [6, 6.07) is 13.1. The van der Waals surface area contributed by atoms with Crippen LogP contribution in [-0.2, 0) is 24.1 Å². The van der Waals surface area contributed by atoms with Gasteiger partial charge >= 0.3 is 6.09 Å². The molecule has 4 rings (SSSR count). The molecule has 0 unspecified atom stereocenters. The van der Waals surface area contributed by atoms with Crippen molar-refractivity contribution in [3.05, 3.63) is 75.4 Å². The third kappa shape index (κ3) is 7.78. The second-order valence-electron chi connectivity index (χ2n) is 11.7. The van der Waals surface area contributed by atoms with Gasteiger partial charge in [0.25, 0.3) is 5.91 Å². The maximum atomic E-state index is 13.2. The van der Waals surface area contributed by atoms with Crippen LogP contribution in [0.15, 0.2) is 42.5 Å². The van der Waals surface area contributed by atoms with E-state index in [4.69, 9.17) is 21.1 Å². The van der Waals surface area contributed by atoms with Crippen molar-refractivity contribution in [1.29, 1.82) is 0 Å². The molecule has 3 aromatic rings.